The molecular weight excluding hydrogens is 384 g/mol. The molecule has 0 saturated carbocycles. The first-order chi connectivity index (χ1) is 12.6. The minimum Gasteiger partial charge on any atom is -0.352 e. The van der Waals surface area contributed by atoms with Crippen LogP contribution in [0.25, 0.3) is 0 Å². The Morgan fingerprint density at radius 1 is 1.15 bits per heavy atom. The standard InChI is InChI=1S/C20H25ClN2O3S/c1-5-16(4)22-20(24)13-23(19-11-8-17(21)12-15(19)3)27(25,26)18-9-6-14(2)7-10-18/h6-12,16H,5,13H2,1-4H3,(H,22,24). The van der Waals surface area contributed by atoms with Crippen molar-refractivity contribution in [2.75, 3.05) is 10.8 Å². The third kappa shape index (κ3) is 5.23. The third-order valence-electron chi connectivity index (χ3n) is 4.34. The van der Waals surface area contributed by atoms with Gasteiger partial charge in [0.1, 0.15) is 6.54 Å². The van der Waals surface area contributed by atoms with Gasteiger partial charge in [-0.15, -0.1) is 0 Å². The van der Waals surface area contributed by atoms with Crippen molar-refractivity contribution in [2.45, 2.75) is 45.1 Å². The lowest BCUT2D eigenvalue weighted by Crippen LogP contribution is -2.43. The van der Waals surface area contributed by atoms with Crippen molar-refractivity contribution in [3.63, 3.8) is 0 Å². The second-order valence-electron chi connectivity index (χ2n) is 6.63. The van der Waals surface area contributed by atoms with Gasteiger partial charge in [0, 0.05) is 11.1 Å². The Labute approximate surface area is 166 Å². The Bertz CT molecular complexity index is 911. The van der Waals surface area contributed by atoms with E-state index in [2.05, 4.69) is 5.32 Å². The lowest BCUT2D eigenvalue weighted by molar-refractivity contribution is -0.120. The zero-order chi connectivity index (χ0) is 20.2. The fourth-order valence-electron chi connectivity index (χ4n) is 2.59. The minimum absolute atomic E-state index is 0.0345. The van der Waals surface area contributed by atoms with Crippen LogP contribution in [0.5, 0.6) is 0 Å². The third-order valence-corrected chi connectivity index (χ3v) is 6.35. The van der Waals surface area contributed by atoms with Gasteiger partial charge in [0.15, 0.2) is 0 Å². The Hall–Kier alpha value is -2.05. The van der Waals surface area contributed by atoms with Gasteiger partial charge in [-0.05, 0) is 63.1 Å². The maximum absolute atomic E-state index is 13.3. The number of rotatable bonds is 7. The molecule has 0 fully saturated rings. The number of anilines is 1. The van der Waals surface area contributed by atoms with Crippen LogP contribution >= 0.6 is 11.6 Å². The lowest BCUT2D eigenvalue weighted by Gasteiger charge is -2.26. The summed E-state index contributed by atoms with van der Waals surface area (Å²) in [5.41, 5.74) is 2.06. The van der Waals surface area contributed by atoms with E-state index in [1.165, 1.54) is 0 Å². The van der Waals surface area contributed by atoms with E-state index in [0.29, 0.717) is 16.3 Å². The molecule has 27 heavy (non-hydrogen) atoms. The van der Waals surface area contributed by atoms with E-state index in [1.807, 2.05) is 20.8 Å². The highest BCUT2D eigenvalue weighted by Crippen LogP contribution is 2.29. The molecule has 1 atom stereocenters. The fraction of sp³-hybridized carbons (Fsp3) is 0.350. The summed E-state index contributed by atoms with van der Waals surface area (Å²) in [5, 5.41) is 3.33. The maximum atomic E-state index is 13.3. The number of carbonyl (C=O) groups is 1. The number of nitrogens with one attached hydrogen (secondary N) is 1. The number of carbonyl (C=O) groups excluding carboxylic acids is 1. The molecule has 0 radical (unpaired) electrons. The Balaban J connectivity index is 2.48. The number of aryl methyl sites for hydroxylation is 2. The second kappa shape index (κ2) is 8.76. The van der Waals surface area contributed by atoms with Gasteiger partial charge in [-0.25, -0.2) is 8.42 Å². The van der Waals surface area contributed by atoms with Crippen LogP contribution in [0.3, 0.4) is 0 Å². The fourth-order valence-corrected chi connectivity index (χ4v) is 4.30. The molecule has 2 rings (SSSR count). The smallest absolute Gasteiger partial charge is 0.264 e. The summed E-state index contributed by atoms with van der Waals surface area (Å²) in [4.78, 5) is 12.6. The van der Waals surface area contributed by atoms with Crippen LogP contribution in [-0.2, 0) is 14.8 Å². The van der Waals surface area contributed by atoms with Crippen molar-refractivity contribution >= 4 is 33.2 Å². The van der Waals surface area contributed by atoms with Gasteiger partial charge in [-0.2, -0.15) is 0 Å². The molecule has 1 unspecified atom stereocenters. The van der Waals surface area contributed by atoms with Gasteiger partial charge in [0.2, 0.25) is 5.91 Å². The second-order valence-corrected chi connectivity index (χ2v) is 8.93. The topological polar surface area (TPSA) is 66.5 Å². The Morgan fingerprint density at radius 3 is 2.33 bits per heavy atom. The number of hydrogen-bond donors (Lipinski definition) is 1. The first kappa shape index (κ1) is 21.3. The zero-order valence-corrected chi connectivity index (χ0v) is 17.6. The molecular formula is C20H25ClN2O3S. The van der Waals surface area contributed by atoms with E-state index in [0.717, 1.165) is 16.3 Å². The molecule has 5 nitrogen and oxygen atoms in total. The van der Waals surface area contributed by atoms with Crippen LogP contribution in [0.2, 0.25) is 5.02 Å². The predicted octanol–water partition coefficient (Wildman–Crippen LogP) is 4.07. The van der Waals surface area contributed by atoms with Crippen molar-refractivity contribution in [1.82, 2.24) is 5.32 Å². The summed E-state index contributed by atoms with van der Waals surface area (Å²) in [6, 6.07) is 11.5. The van der Waals surface area contributed by atoms with E-state index in [9.17, 15) is 13.2 Å². The van der Waals surface area contributed by atoms with Gasteiger partial charge in [-0.3, -0.25) is 9.10 Å². The van der Waals surface area contributed by atoms with Crippen molar-refractivity contribution < 1.29 is 13.2 Å². The van der Waals surface area contributed by atoms with Crippen LogP contribution in [0, 0.1) is 13.8 Å². The average molecular weight is 409 g/mol. The van der Waals surface area contributed by atoms with Crippen LogP contribution in [0.4, 0.5) is 5.69 Å². The largest absolute Gasteiger partial charge is 0.352 e. The quantitative estimate of drug-likeness (QED) is 0.751. The highest BCUT2D eigenvalue weighted by Gasteiger charge is 2.28. The number of halogens is 1. The molecule has 0 aliphatic heterocycles. The van der Waals surface area contributed by atoms with Crippen molar-refractivity contribution in [1.29, 1.82) is 0 Å². The minimum atomic E-state index is -3.91. The maximum Gasteiger partial charge on any atom is 0.264 e. The number of sulfonamides is 1. The summed E-state index contributed by atoms with van der Waals surface area (Å²) in [7, 11) is -3.91. The first-order valence-corrected chi connectivity index (χ1v) is 10.6. The average Bonchev–Trinajstić information content (AvgIpc) is 2.60. The molecule has 0 spiro atoms. The molecule has 0 bridgehead atoms. The monoisotopic (exact) mass is 408 g/mol. The number of benzene rings is 2. The molecule has 2 aromatic carbocycles. The van der Waals surface area contributed by atoms with Gasteiger partial charge in [0.25, 0.3) is 10.0 Å². The van der Waals surface area contributed by atoms with Crippen LogP contribution in [0.1, 0.15) is 31.4 Å². The van der Waals surface area contributed by atoms with Crippen molar-refractivity contribution in [3.05, 3.63) is 58.6 Å². The molecule has 0 heterocycles. The zero-order valence-electron chi connectivity index (χ0n) is 16.0. The van der Waals surface area contributed by atoms with Gasteiger partial charge < -0.3 is 5.32 Å². The molecule has 0 aromatic heterocycles. The van der Waals surface area contributed by atoms with E-state index < -0.39 is 10.0 Å². The van der Waals surface area contributed by atoms with Crippen LogP contribution in [0.15, 0.2) is 47.4 Å². The molecule has 146 valence electrons. The summed E-state index contributed by atoms with van der Waals surface area (Å²) in [6.45, 7) is 7.19. The number of amides is 1. The summed E-state index contributed by atoms with van der Waals surface area (Å²) < 4.78 is 27.7. The first-order valence-electron chi connectivity index (χ1n) is 8.80. The SMILES string of the molecule is CCC(C)NC(=O)CN(c1ccc(Cl)cc1C)S(=O)(=O)c1ccc(C)cc1. The van der Waals surface area contributed by atoms with E-state index in [4.69, 9.17) is 11.6 Å². The Morgan fingerprint density at radius 2 is 1.78 bits per heavy atom. The molecule has 1 amide bonds. The molecule has 7 heteroatoms. The van der Waals surface area contributed by atoms with Crippen LogP contribution in [-0.4, -0.2) is 26.9 Å². The van der Waals surface area contributed by atoms with Gasteiger partial charge in [0.05, 0.1) is 10.6 Å². The molecule has 0 aliphatic rings. The summed E-state index contributed by atoms with van der Waals surface area (Å²) in [5.74, 6) is -0.352. The van der Waals surface area contributed by atoms with E-state index >= 15 is 0 Å². The predicted molar refractivity (Wildman–Crippen MR) is 110 cm³/mol. The van der Waals surface area contributed by atoms with E-state index in [-0.39, 0.29) is 23.4 Å². The molecule has 0 saturated heterocycles. The molecule has 2 aromatic rings. The Kier molecular flexibility index (Phi) is 6.89. The van der Waals surface area contributed by atoms with Crippen molar-refractivity contribution in [2.24, 2.45) is 0 Å². The number of nitrogens with zero attached hydrogens (tertiary/aromatic N) is 1. The normalized spacial score (nSPS) is 12.5. The lowest BCUT2D eigenvalue weighted by atomic mass is 10.2. The molecule has 1 N–H and O–H groups in total. The molecule has 0 aliphatic carbocycles. The van der Waals surface area contributed by atoms with Gasteiger partial charge >= 0.3 is 0 Å². The number of hydrogen-bond acceptors (Lipinski definition) is 3. The van der Waals surface area contributed by atoms with Crippen molar-refractivity contribution in [3.8, 4) is 0 Å². The van der Waals surface area contributed by atoms with E-state index in [1.54, 1.807) is 49.4 Å². The van der Waals surface area contributed by atoms with Crippen LogP contribution < -0.4 is 9.62 Å². The highest BCUT2D eigenvalue weighted by molar-refractivity contribution is 7.92. The van der Waals surface area contributed by atoms with Gasteiger partial charge in [-0.1, -0.05) is 36.2 Å². The summed E-state index contributed by atoms with van der Waals surface area (Å²) in [6.07, 6.45) is 0.760. The highest BCUT2D eigenvalue weighted by atomic mass is 35.5. The summed E-state index contributed by atoms with van der Waals surface area (Å²) >= 11 is 6.02.